The summed E-state index contributed by atoms with van der Waals surface area (Å²) in [5.74, 6) is 0.516. The molecule has 0 unspecified atom stereocenters. The van der Waals surface area contributed by atoms with Crippen molar-refractivity contribution < 1.29 is 14.3 Å². The van der Waals surface area contributed by atoms with Crippen LogP contribution in [0, 0.1) is 0 Å². The van der Waals surface area contributed by atoms with Gasteiger partial charge in [0.15, 0.2) is 0 Å². The number of nitrogens with zero attached hydrogens (tertiary/aromatic N) is 1. The maximum absolute atomic E-state index is 13.5. The minimum atomic E-state index is -0.603. The molecule has 35 heavy (non-hydrogen) atoms. The normalized spacial score (nSPS) is 11.5. The number of carbonyl (C=O) groups excluding carboxylic acids is 2. The molecule has 0 radical (unpaired) electrons. The molecule has 0 fully saturated rings. The van der Waals surface area contributed by atoms with E-state index in [4.69, 9.17) is 16.3 Å². The summed E-state index contributed by atoms with van der Waals surface area (Å²) in [5.41, 5.74) is 2.00. The SMILES string of the molecule is CCCNC(=O)[C@@H](Cc1ccccc1)N(Cc1ccccc1)C(=O)CCCOc1ccc(Cl)cc1. The van der Waals surface area contributed by atoms with Gasteiger partial charge in [-0.3, -0.25) is 9.59 Å². The van der Waals surface area contributed by atoms with Crippen molar-refractivity contribution in [3.63, 3.8) is 0 Å². The van der Waals surface area contributed by atoms with Crippen molar-refractivity contribution >= 4 is 23.4 Å². The third kappa shape index (κ3) is 8.76. The number of benzene rings is 3. The highest BCUT2D eigenvalue weighted by atomic mass is 35.5. The molecule has 3 rings (SSSR count). The Morgan fingerprint density at radius 2 is 1.54 bits per heavy atom. The molecule has 184 valence electrons. The molecule has 3 aromatic carbocycles. The van der Waals surface area contributed by atoms with Gasteiger partial charge in [0, 0.05) is 31.0 Å². The lowest BCUT2D eigenvalue weighted by Gasteiger charge is -2.31. The van der Waals surface area contributed by atoms with Gasteiger partial charge in [-0.1, -0.05) is 79.2 Å². The van der Waals surface area contributed by atoms with Crippen LogP contribution in [0.3, 0.4) is 0 Å². The number of hydrogen-bond donors (Lipinski definition) is 1. The van der Waals surface area contributed by atoms with E-state index < -0.39 is 6.04 Å². The van der Waals surface area contributed by atoms with Crippen LogP contribution in [-0.2, 0) is 22.6 Å². The maximum atomic E-state index is 13.5. The van der Waals surface area contributed by atoms with E-state index in [2.05, 4.69) is 5.32 Å². The van der Waals surface area contributed by atoms with Crippen molar-refractivity contribution in [2.45, 2.75) is 45.2 Å². The number of hydrogen-bond acceptors (Lipinski definition) is 3. The lowest BCUT2D eigenvalue weighted by atomic mass is 10.0. The molecule has 6 heteroatoms. The van der Waals surface area contributed by atoms with E-state index in [9.17, 15) is 9.59 Å². The largest absolute Gasteiger partial charge is 0.494 e. The van der Waals surface area contributed by atoms with Crippen LogP contribution in [0.15, 0.2) is 84.9 Å². The molecule has 0 heterocycles. The van der Waals surface area contributed by atoms with Gasteiger partial charge >= 0.3 is 0 Å². The molecule has 2 amide bonds. The van der Waals surface area contributed by atoms with E-state index in [0.717, 1.165) is 17.5 Å². The number of nitrogens with one attached hydrogen (secondary N) is 1. The number of halogens is 1. The van der Waals surface area contributed by atoms with Crippen LogP contribution >= 0.6 is 11.6 Å². The van der Waals surface area contributed by atoms with Crippen LogP contribution in [-0.4, -0.2) is 35.9 Å². The molecule has 1 N–H and O–H groups in total. The Balaban J connectivity index is 1.74. The zero-order valence-corrected chi connectivity index (χ0v) is 20.9. The van der Waals surface area contributed by atoms with Crippen LogP contribution in [0.4, 0.5) is 0 Å². The highest BCUT2D eigenvalue weighted by Gasteiger charge is 2.29. The fraction of sp³-hybridized carbons (Fsp3) is 0.310. The zero-order chi connectivity index (χ0) is 24.9. The van der Waals surface area contributed by atoms with Crippen molar-refractivity contribution in [2.24, 2.45) is 0 Å². The second-order valence-electron chi connectivity index (χ2n) is 8.41. The summed E-state index contributed by atoms with van der Waals surface area (Å²) in [6.45, 7) is 3.36. The van der Waals surface area contributed by atoms with E-state index in [0.29, 0.717) is 43.3 Å². The van der Waals surface area contributed by atoms with Gasteiger partial charge in [0.05, 0.1) is 6.61 Å². The minimum absolute atomic E-state index is 0.0684. The molecule has 1 atom stereocenters. The first-order valence-electron chi connectivity index (χ1n) is 12.1. The van der Waals surface area contributed by atoms with E-state index in [-0.39, 0.29) is 18.2 Å². The quantitative estimate of drug-likeness (QED) is 0.313. The average molecular weight is 493 g/mol. The lowest BCUT2D eigenvalue weighted by molar-refractivity contribution is -0.141. The molecule has 3 aromatic rings. The van der Waals surface area contributed by atoms with Gasteiger partial charge in [-0.15, -0.1) is 0 Å². The van der Waals surface area contributed by atoms with E-state index in [1.165, 1.54) is 0 Å². The molecule has 0 aliphatic rings. The molecule has 5 nitrogen and oxygen atoms in total. The van der Waals surface area contributed by atoms with Crippen LogP contribution in [0.5, 0.6) is 5.75 Å². The smallest absolute Gasteiger partial charge is 0.243 e. The van der Waals surface area contributed by atoms with Gasteiger partial charge in [0.1, 0.15) is 11.8 Å². The lowest BCUT2D eigenvalue weighted by Crippen LogP contribution is -2.50. The van der Waals surface area contributed by atoms with E-state index in [1.807, 2.05) is 67.6 Å². The average Bonchev–Trinajstić information content (AvgIpc) is 2.89. The summed E-state index contributed by atoms with van der Waals surface area (Å²) in [7, 11) is 0. The first kappa shape index (κ1) is 26.3. The molecule has 0 saturated carbocycles. The van der Waals surface area contributed by atoms with Gasteiger partial charge in [0.25, 0.3) is 0 Å². The summed E-state index contributed by atoms with van der Waals surface area (Å²) >= 11 is 5.92. The van der Waals surface area contributed by atoms with Crippen molar-refractivity contribution in [1.82, 2.24) is 10.2 Å². The Kier molecular flexibility index (Phi) is 10.6. The first-order valence-corrected chi connectivity index (χ1v) is 12.5. The topological polar surface area (TPSA) is 58.6 Å². The number of amides is 2. The Labute approximate surface area is 213 Å². The molecule has 0 spiro atoms. The minimum Gasteiger partial charge on any atom is -0.494 e. The Bertz CT molecular complexity index is 1040. The van der Waals surface area contributed by atoms with E-state index in [1.54, 1.807) is 29.2 Å². The Morgan fingerprint density at radius 1 is 0.914 bits per heavy atom. The summed E-state index contributed by atoms with van der Waals surface area (Å²) in [6.07, 6.45) is 2.11. The predicted molar refractivity (Wildman–Crippen MR) is 140 cm³/mol. The molecule has 0 bridgehead atoms. The predicted octanol–water partition coefficient (Wildman–Crippen LogP) is 5.67. The summed E-state index contributed by atoms with van der Waals surface area (Å²) in [5, 5.41) is 3.65. The second-order valence-corrected chi connectivity index (χ2v) is 8.85. The third-order valence-corrected chi connectivity index (χ3v) is 5.89. The molecular weight excluding hydrogens is 460 g/mol. The Hall–Kier alpha value is -3.31. The van der Waals surface area contributed by atoms with E-state index >= 15 is 0 Å². The van der Waals surface area contributed by atoms with Gasteiger partial charge < -0.3 is 15.0 Å². The molecule has 0 aliphatic heterocycles. The molecule has 0 aliphatic carbocycles. The summed E-state index contributed by atoms with van der Waals surface area (Å²) < 4.78 is 5.76. The zero-order valence-electron chi connectivity index (χ0n) is 20.2. The fourth-order valence-electron chi connectivity index (χ4n) is 3.79. The van der Waals surface area contributed by atoms with Crippen molar-refractivity contribution in [3.8, 4) is 5.75 Å². The second kappa shape index (κ2) is 14.2. The van der Waals surface area contributed by atoms with Crippen molar-refractivity contribution in [3.05, 3.63) is 101 Å². The van der Waals surface area contributed by atoms with Crippen LogP contribution < -0.4 is 10.1 Å². The Morgan fingerprint density at radius 3 is 2.17 bits per heavy atom. The molecule has 0 saturated heterocycles. The van der Waals surface area contributed by atoms with Gasteiger partial charge in [-0.25, -0.2) is 0 Å². The van der Waals surface area contributed by atoms with Gasteiger partial charge in [-0.2, -0.15) is 0 Å². The monoisotopic (exact) mass is 492 g/mol. The highest BCUT2D eigenvalue weighted by Crippen LogP contribution is 2.18. The number of ether oxygens (including phenoxy) is 1. The third-order valence-electron chi connectivity index (χ3n) is 5.63. The van der Waals surface area contributed by atoms with Crippen LogP contribution in [0.2, 0.25) is 5.02 Å². The van der Waals surface area contributed by atoms with Crippen LogP contribution in [0.1, 0.15) is 37.3 Å². The maximum Gasteiger partial charge on any atom is 0.243 e. The summed E-state index contributed by atoms with van der Waals surface area (Å²) in [4.78, 5) is 28.4. The van der Waals surface area contributed by atoms with Gasteiger partial charge in [0.2, 0.25) is 11.8 Å². The number of carbonyl (C=O) groups is 2. The van der Waals surface area contributed by atoms with Crippen molar-refractivity contribution in [2.75, 3.05) is 13.2 Å². The standard InChI is InChI=1S/C29H33ClN2O3/c1-2-19-31-29(34)27(21-23-10-5-3-6-11-23)32(22-24-12-7-4-8-13-24)28(33)14-9-20-35-26-17-15-25(30)16-18-26/h3-8,10-13,15-18,27H,2,9,14,19-22H2,1H3,(H,31,34)/t27-/m1/s1. The van der Waals surface area contributed by atoms with Crippen molar-refractivity contribution in [1.29, 1.82) is 0 Å². The highest BCUT2D eigenvalue weighted by molar-refractivity contribution is 6.30. The number of rotatable bonds is 13. The van der Waals surface area contributed by atoms with Crippen LogP contribution in [0.25, 0.3) is 0 Å². The molecule has 0 aromatic heterocycles. The molecular formula is C29H33ClN2O3. The fourth-order valence-corrected chi connectivity index (χ4v) is 3.91. The first-order chi connectivity index (χ1) is 17.1. The summed E-state index contributed by atoms with van der Waals surface area (Å²) in [6, 6.07) is 26.2. The van der Waals surface area contributed by atoms with Gasteiger partial charge in [-0.05, 0) is 48.2 Å².